The summed E-state index contributed by atoms with van der Waals surface area (Å²) in [4.78, 5) is 8.78. The van der Waals surface area contributed by atoms with Gasteiger partial charge in [0.15, 0.2) is 0 Å². The van der Waals surface area contributed by atoms with Crippen molar-refractivity contribution in [2.24, 2.45) is 10.2 Å². The molecule has 6 nitrogen and oxygen atoms in total. The van der Waals surface area contributed by atoms with E-state index in [-0.39, 0.29) is 6.42 Å². The highest BCUT2D eigenvalue weighted by molar-refractivity contribution is 6.14. The van der Waals surface area contributed by atoms with E-state index in [1.807, 2.05) is 18.2 Å². The van der Waals surface area contributed by atoms with Crippen molar-refractivity contribution in [1.29, 1.82) is 0 Å². The molecule has 1 aliphatic heterocycles. The molecule has 5 rings (SSSR count). The van der Waals surface area contributed by atoms with Crippen molar-refractivity contribution in [2.45, 2.75) is 19.0 Å². The normalized spacial score (nSPS) is 13.5. The van der Waals surface area contributed by atoms with Crippen LogP contribution in [0.1, 0.15) is 23.2 Å². The molecule has 0 saturated heterocycles. The fourth-order valence-electron chi connectivity index (χ4n) is 3.78. The van der Waals surface area contributed by atoms with E-state index in [2.05, 4.69) is 20.2 Å². The molecule has 0 atom stereocenters. The second-order valence-electron chi connectivity index (χ2n) is 7.94. The molecule has 2 aromatic heterocycles. The zero-order chi connectivity index (χ0) is 24.4. The number of nitrogens with zero attached hydrogens (tertiary/aromatic N) is 4. The van der Waals surface area contributed by atoms with Crippen LogP contribution in [0.4, 0.5) is 13.2 Å². The van der Waals surface area contributed by atoms with Gasteiger partial charge in [-0.05, 0) is 48.0 Å². The molecule has 0 aliphatic carbocycles. The molecule has 0 spiro atoms. The Kier molecular flexibility index (Phi) is 5.90. The lowest BCUT2D eigenvalue weighted by Gasteiger charge is -2.10. The Morgan fingerprint density at radius 2 is 1.77 bits per heavy atom. The average Bonchev–Trinajstić information content (AvgIpc) is 3.32. The quantitative estimate of drug-likeness (QED) is 0.330. The van der Waals surface area contributed by atoms with Crippen molar-refractivity contribution >= 4 is 22.3 Å². The van der Waals surface area contributed by atoms with E-state index in [1.54, 1.807) is 43.8 Å². The summed E-state index contributed by atoms with van der Waals surface area (Å²) in [7, 11) is 1.60. The molecular weight excluding hydrogens is 457 g/mol. The summed E-state index contributed by atoms with van der Waals surface area (Å²) in [5, 5.41) is 9.15. The zero-order valence-electron chi connectivity index (χ0n) is 18.6. The van der Waals surface area contributed by atoms with Gasteiger partial charge in [-0.3, -0.25) is 9.97 Å². The lowest BCUT2D eigenvalue weighted by atomic mass is 10.0. The van der Waals surface area contributed by atoms with E-state index in [1.165, 1.54) is 6.07 Å². The molecule has 0 amide bonds. The first-order valence-corrected chi connectivity index (χ1v) is 10.7. The second kappa shape index (κ2) is 9.17. The van der Waals surface area contributed by atoms with Gasteiger partial charge in [0.1, 0.15) is 17.2 Å². The van der Waals surface area contributed by atoms with Crippen LogP contribution in [0.5, 0.6) is 17.2 Å². The maximum Gasteiger partial charge on any atom is 0.416 e. The number of hydrogen-bond acceptors (Lipinski definition) is 6. The number of alkyl halides is 3. The van der Waals surface area contributed by atoms with Gasteiger partial charge in [-0.1, -0.05) is 18.2 Å². The standard InChI is InChI=1S/C26H19F3N4O2/c1-34-19-5-7-22-21(14-19)25(9-10-30-22)35-20-6-8-23(31-15-20)24-13-18(32-33-24)12-16-3-2-4-17(11-16)26(27,28)29/h2-11,14-15H,12-13H2,1H3. The number of fused-ring (bicyclic) bond motifs is 1. The number of ether oxygens (including phenoxy) is 2. The predicted molar refractivity (Wildman–Crippen MR) is 126 cm³/mol. The van der Waals surface area contributed by atoms with Crippen LogP contribution in [0.25, 0.3) is 10.9 Å². The van der Waals surface area contributed by atoms with Crippen LogP contribution < -0.4 is 9.47 Å². The number of benzene rings is 2. The maximum absolute atomic E-state index is 13.0. The van der Waals surface area contributed by atoms with E-state index < -0.39 is 11.7 Å². The van der Waals surface area contributed by atoms with Crippen molar-refractivity contribution in [1.82, 2.24) is 9.97 Å². The van der Waals surface area contributed by atoms with Crippen LogP contribution in [-0.4, -0.2) is 28.5 Å². The fraction of sp³-hybridized carbons (Fsp3) is 0.154. The highest BCUT2D eigenvalue weighted by atomic mass is 19.4. The second-order valence-corrected chi connectivity index (χ2v) is 7.94. The molecule has 3 heterocycles. The van der Waals surface area contributed by atoms with Crippen molar-refractivity contribution < 1.29 is 22.6 Å². The Hall–Kier alpha value is -4.27. The molecule has 0 bridgehead atoms. The van der Waals surface area contributed by atoms with Gasteiger partial charge < -0.3 is 9.47 Å². The number of rotatable bonds is 6. The number of aromatic nitrogens is 2. The molecule has 4 aromatic rings. The van der Waals surface area contributed by atoms with Crippen LogP contribution in [0, 0.1) is 0 Å². The molecule has 0 fully saturated rings. The average molecular weight is 476 g/mol. The molecular formula is C26H19F3N4O2. The first-order valence-electron chi connectivity index (χ1n) is 10.7. The van der Waals surface area contributed by atoms with E-state index in [9.17, 15) is 13.2 Å². The van der Waals surface area contributed by atoms with E-state index in [0.29, 0.717) is 46.4 Å². The minimum absolute atomic E-state index is 0.288. The van der Waals surface area contributed by atoms with Gasteiger partial charge in [0, 0.05) is 24.4 Å². The number of halogens is 3. The highest BCUT2D eigenvalue weighted by Crippen LogP contribution is 2.32. The molecule has 0 radical (unpaired) electrons. The first kappa shape index (κ1) is 22.5. The minimum Gasteiger partial charge on any atom is -0.497 e. The summed E-state index contributed by atoms with van der Waals surface area (Å²) in [5.41, 5.74) is 2.59. The molecule has 176 valence electrons. The number of methoxy groups -OCH3 is 1. The van der Waals surface area contributed by atoms with E-state index in [4.69, 9.17) is 9.47 Å². The lowest BCUT2D eigenvalue weighted by molar-refractivity contribution is -0.137. The fourth-order valence-corrected chi connectivity index (χ4v) is 3.78. The molecule has 9 heteroatoms. The van der Waals surface area contributed by atoms with E-state index >= 15 is 0 Å². The van der Waals surface area contributed by atoms with Crippen LogP contribution in [-0.2, 0) is 12.6 Å². The third-order valence-corrected chi connectivity index (χ3v) is 5.51. The maximum atomic E-state index is 13.0. The molecule has 2 aromatic carbocycles. The largest absolute Gasteiger partial charge is 0.497 e. The smallest absolute Gasteiger partial charge is 0.416 e. The van der Waals surface area contributed by atoms with Gasteiger partial charge in [-0.2, -0.15) is 23.4 Å². The van der Waals surface area contributed by atoms with Gasteiger partial charge in [-0.25, -0.2) is 0 Å². The van der Waals surface area contributed by atoms with Crippen LogP contribution in [0.3, 0.4) is 0 Å². The minimum atomic E-state index is -4.38. The van der Waals surface area contributed by atoms with Gasteiger partial charge in [-0.15, -0.1) is 0 Å². The number of hydrogen-bond donors (Lipinski definition) is 0. The third kappa shape index (κ3) is 4.98. The summed E-state index contributed by atoms with van der Waals surface area (Å²) in [6, 6.07) is 16.1. The Labute approximate surface area is 198 Å². The van der Waals surface area contributed by atoms with Crippen molar-refractivity contribution in [3.63, 3.8) is 0 Å². The van der Waals surface area contributed by atoms with Crippen molar-refractivity contribution in [3.8, 4) is 17.2 Å². The van der Waals surface area contributed by atoms with Crippen molar-refractivity contribution in [3.05, 3.63) is 89.9 Å². The summed E-state index contributed by atoms with van der Waals surface area (Å²) in [5.74, 6) is 1.85. The Morgan fingerprint density at radius 3 is 2.54 bits per heavy atom. The summed E-state index contributed by atoms with van der Waals surface area (Å²) in [6.07, 6.45) is -0.413. The van der Waals surface area contributed by atoms with Crippen LogP contribution in [0.15, 0.2) is 83.3 Å². The number of pyridine rings is 2. The summed E-state index contributed by atoms with van der Waals surface area (Å²) in [6.45, 7) is 0. The Morgan fingerprint density at radius 1 is 0.914 bits per heavy atom. The SMILES string of the molecule is COc1ccc2nccc(Oc3ccc(C4=NN=C(Cc5cccc(C(F)(F)F)c5)C4)nc3)c2c1. The van der Waals surface area contributed by atoms with Gasteiger partial charge in [0.25, 0.3) is 0 Å². The lowest BCUT2D eigenvalue weighted by Crippen LogP contribution is -2.09. The Bertz CT molecular complexity index is 1450. The zero-order valence-corrected chi connectivity index (χ0v) is 18.6. The highest BCUT2D eigenvalue weighted by Gasteiger charge is 2.30. The summed E-state index contributed by atoms with van der Waals surface area (Å²) < 4.78 is 50.2. The topological polar surface area (TPSA) is 69.0 Å². The molecule has 0 unspecified atom stereocenters. The van der Waals surface area contributed by atoms with Gasteiger partial charge in [0.2, 0.25) is 0 Å². The van der Waals surface area contributed by atoms with E-state index in [0.717, 1.165) is 23.0 Å². The predicted octanol–water partition coefficient (Wildman–Crippen LogP) is 6.24. The van der Waals surface area contributed by atoms with Gasteiger partial charge in [0.05, 0.1) is 41.5 Å². The first-order chi connectivity index (χ1) is 16.9. The Balaban J connectivity index is 1.26. The molecule has 1 aliphatic rings. The third-order valence-electron chi connectivity index (χ3n) is 5.51. The van der Waals surface area contributed by atoms with Crippen LogP contribution >= 0.6 is 0 Å². The van der Waals surface area contributed by atoms with Gasteiger partial charge >= 0.3 is 6.18 Å². The molecule has 35 heavy (non-hydrogen) atoms. The van der Waals surface area contributed by atoms with Crippen LogP contribution in [0.2, 0.25) is 0 Å². The monoisotopic (exact) mass is 476 g/mol. The molecule has 0 saturated carbocycles. The van der Waals surface area contributed by atoms with Crippen molar-refractivity contribution in [2.75, 3.05) is 7.11 Å². The molecule has 0 N–H and O–H groups in total. The summed E-state index contributed by atoms with van der Waals surface area (Å²) >= 11 is 0.